The monoisotopic (exact) mass is 402 g/mol. The number of halogens is 2. The molecule has 0 radical (unpaired) electrons. The fourth-order valence-corrected chi connectivity index (χ4v) is 2.68. The number of methoxy groups -OCH3 is 1. The zero-order chi connectivity index (χ0) is 14.7. The molecule has 2 aromatic carbocycles. The van der Waals surface area contributed by atoms with Crippen molar-refractivity contribution in [3.63, 3.8) is 0 Å². The van der Waals surface area contributed by atoms with Crippen LogP contribution in [-0.4, -0.2) is 7.11 Å². The number of rotatable bonds is 4. The van der Waals surface area contributed by atoms with E-state index in [1.807, 2.05) is 43.3 Å². The molecule has 0 aliphatic rings. The van der Waals surface area contributed by atoms with Gasteiger partial charge in [-0.1, -0.05) is 23.7 Å². The maximum absolute atomic E-state index is 6.19. The Labute approximate surface area is 137 Å². The second-order valence-electron chi connectivity index (χ2n) is 4.50. The first-order chi connectivity index (χ1) is 9.56. The van der Waals surface area contributed by atoms with E-state index >= 15 is 0 Å². The Bertz CT molecular complexity index is 619. The van der Waals surface area contributed by atoms with Crippen molar-refractivity contribution in [1.29, 1.82) is 0 Å². The highest BCUT2D eigenvalue weighted by atomic mass is 127. The predicted octanol–water partition coefficient (Wildman–Crippen LogP) is 3.81. The van der Waals surface area contributed by atoms with Crippen LogP contribution in [0.1, 0.15) is 22.7 Å². The molecule has 0 amide bonds. The van der Waals surface area contributed by atoms with Gasteiger partial charge in [0.05, 0.1) is 18.2 Å². The highest BCUT2D eigenvalue weighted by molar-refractivity contribution is 14.1. The standard InChI is InChI=1S/C15H16ClIN2O/c1-9-7-11(20-2)4-5-12(9)15(19-18)10-3-6-14(17)13(16)8-10/h3-8,15,19H,18H2,1-2H3. The molecule has 0 saturated carbocycles. The molecule has 1 atom stereocenters. The largest absolute Gasteiger partial charge is 0.497 e. The molecule has 0 aliphatic heterocycles. The van der Waals surface area contributed by atoms with Gasteiger partial charge in [0.15, 0.2) is 0 Å². The van der Waals surface area contributed by atoms with Gasteiger partial charge < -0.3 is 4.74 Å². The van der Waals surface area contributed by atoms with Gasteiger partial charge in [0, 0.05) is 3.57 Å². The first-order valence-electron chi connectivity index (χ1n) is 6.12. The van der Waals surface area contributed by atoms with E-state index < -0.39 is 0 Å². The molecule has 0 aliphatic carbocycles. The quantitative estimate of drug-likeness (QED) is 0.464. The lowest BCUT2D eigenvalue weighted by Gasteiger charge is -2.20. The normalized spacial score (nSPS) is 12.2. The summed E-state index contributed by atoms with van der Waals surface area (Å²) in [6.07, 6.45) is 0. The lowest BCUT2D eigenvalue weighted by molar-refractivity contribution is 0.414. The maximum atomic E-state index is 6.19. The van der Waals surface area contributed by atoms with Crippen LogP contribution in [0, 0.1) is 10.5 Å². The van der Waals surface area contributed by atoms with Crippen molar-refractivity contribution in [2.24, 2.45) is 5.84 Å². The van der Waals surface area contributed by atoms with Crippen LogP contribution in [-0.2, 0) is 0 Å². The van der Waals surface area contributed by atoms with Gasteiger partial charge in [-0.05, 0) is 70.5 Å². The molecular weight excluding hydrogens is 387 g/mol. The molecule has 0 bridgehead atoms. The van der Waals surface area contributed by atoms with Crippen LogP contribution in [0.5, 0.6) is 5.75 Å². The summed E-state index contributed by atoms with van der Waals surface area (Å²) in [6, 6.07) is 11.8. The van der Waals surface area contributed by atoms with Crippen LogP contribution in [0.15, 0.2) is 36.4 Å². The highest BCUT2D eigenvalue weighted by Crippen LogP contribution is 2.30. The molecule has 5 heteroatoms. The second kappa shape index (κ2) is 6.76. The summed E-state index contributed by atoms with van der Waals surface area (Å²) in [4.78, 5) is 0. The Morgan fingerprint density at radius 2 is 2.00 bits per heavy atom. The van der Waals surface area contributed by atoms with Gasteiger partial charge in [-0.25, -0.2) is 5.43 Å². The lowest BCUT2D eigenvalue weighted by Crippen LogP contribution is -2.29. The van der Waals surface area contributed by atoms with E-state index in [9.17, 15) is 0 Å². The Morgan fingerprint density at radius 1 is 1.25 bits per heavy atom. The Hall–Kier alpha value is -0.820. The molecule has 2 rings (SSSR count). The number of aryl methyl sites for hydroxylation is 1. The Balaban J connectivity index is 2.43. The van der Waals surface area contributed by atoms with E-state index in [4.69, 9.17) is 22.2 Å². The molecule has 0 fully saturated rings. The van der Waals surface area contributed by atoms with Crippen molar-refractivity contribution in [2.75, 3.05) is 7.11 Å². The van der Waals surface area contributed by atoms with Crippen molar-refractivity contribution in [2.45, 2.75) is 13.0 Å². The Morgan fingerprint density at radius 3 is 2.55 bits per heavy atom. The average Bonchev–Trinajstić information content (AvgIpc) is 2.45. The molecule has 0 saturated heterocycles. The fourth-order valence-electron chi connectivity index (χ4n) is 2.16. The van der Waals surface area contributed by atoms with E-state index in [2.05, 4.69) is 28.0 Å². The van der Waals surface area contributed by atoms with E-state index in [-0.39, 0.29) is 6.04 Å². The van der Waals surface area contributed by atoms with Crippen molar-refractivity contribution in [3.8, 4) is 5.75 Å². The summed E-state index contributed by atoms with van der Waals surface area (Å²) in [7, 11) is 1.66. The van der Waals surface area contributed by atoms with Gasteiger partial charge in [-0.2, -0.15) is 0 Å². The van der Waals surface area contributed by atoms with E-state index in [0.29, 0.717) is 0 Å². The van der Waals surface area contributed by atoms with Gasteiger partial charge in [-0.3, -0.25) is 5.84 Å². The van der Waals surface area contributed by atoms with Crippen LogP contribution < -0.4 is 16.0 Å². The van der Waals surface area contributed by atoms with Crippen molar-refractivity contribution in [3.05, 3.63) is 61.7 Å². The number of hydrazine groups is 1. The molecule has 106 valence electrons. The SMILES string of the molecule is COc1ccc(C(NN)c2ccc(I)c(Cl)c2)c(C)c1. The van der Waals surface area contributed by atoms with E-state index in [0.717, 1.165) is 31.0 Å². The smallest absolute Gasteiger partial charge is 0.119 e. The third-order valence-electron chi connectivity index (χ3n) is 3.23. The van der Waals surface area contributed by atoms with Gasteiger partial charge >= 0.3 is 0 Å². The van der Waals surface area contributed by atoms with Crippen LogP contribution >= 0.6 is 34.2 Å². The second-order valence-corrected chi connectivity index (χ2v) is 6.07. The zero-order valence-corrected chi connectivity index (χ0v) is 14.2. The number of benzene rings is 2. The highest BCUT2D eigenvalue weighted by Gasteiger charge is 2.16. The van der Waals surface area contributed by atoms with Gasteiger partial charge in [0.2, 0.25) is 0 Å². The van der Waals surface area contributed by atoms with Crippen LogP contribution in [0.4, 0.5) is 0 Å². The number of nitrogens with two attached hydrogens (primary N) is 1. The van der Waals surface area contributed by atoms with E-state index in [1.165, 1.54) is 0 Å². The molecule has 0 spiro atoms. The number of nitrogens with one attached hydrogen (secondary N) is 1. The third-order valence-corrected chi connectivity index (χ3v) is 4.80. The summed E-state index contributed by atoms with van der Waals surface area (Å²) in [6.45, 7) is 2.04. The first-order valence-corrected chi connectivity index (χ1v) is 7.58. The molecule has 2 aromatic rings. The van der Waals surface area contributed by atoms with Crippen molar-refractivity contribution in [1.82, 2.24) is 5.43 Å². The molecule has 20 heavy (non-hydrogen) atoms. The molecule has 0 heterocycles. The number of hydrogen-bond acceptors (Lipinski definition) is 3. The number of ether oxygens (including phenoxy) is 1. The molecular formula is C15H16ClIN2O. The predicted molar refractivity (Wildman–Crippen MR) is 91.1 cm³/mol. The Kier molecular flexibility index (Phi) is 5.26. The van der Waals surface area contributed by atoms with Crippen LogP contribution in [0.25, 0.3) is 0 Å². The summed E-state index contributed by atoms with van der Waals surface area (Å²) in [5.41, 5.74) is 6.11. The molecule has 0 aromatic heterocycles. The minimum absolute atomic E-state index is 0.101. The summed E-state index contributed by atoms with van der Waals surface area (Å²) in [5, 5.41) is 0.731. The molecule has 3 N–H and O–H groups in total. The van der Waals surface area contributed by atoms with Crippen molar-refractivity contribution < 1.29 is 4.74 Å². The van der Waals surface area contributed by atoms with Gasteiger partial charge in [-0.15, -0.1) is 0 Å². The van der Waals surface area contributed by atoms with Crippen LogP contribution in [0.3, 0.4) is 0 Å². The van der Waals surface area contributed by atoms with E-state index in [1.54, 1.807) is 7.11 Å². The summed E-state index contributed by atoms with van der Waals surface area (Å²) in [5.74, 6) is 6.57. The molecule has 1 unspecified atom stereocenters. The number of hydrogen-bond donors (Lipinski definition) is 2. The third kappa shape index (κ3) is 3.25. The lowest BCUT2D eigenvalue weighted by atomic mass is 9.95. The average molecular weight is 403 g/mol. The fraction of sp³-hybridized carbons (Fsp3) is 0.200. The molecule has 3 nitrogen and oxygen atoms in total. The summed E-state index contributed by atoms with van der Waals surface area (Å²) < 4.78 is 6.25. The minimum Gasteiger partial charge on any atom is -0.497 e. The minimum atomic E-state index is -0.101. The van der Waals surface area contributed by atoms with Gasteiger partial charge in [0.25, 0.3) is 0 Å². The topological polar surface area (TPSA) is 47.3 Å². The first kappa shape index (κ1) is 15.6. The summed E-state index contributed by atoms with van der Waals surface area (Å²) >= 11 is 8.40. The van der Waals surface area contributed by atoms with Gasteiger partial charge in [0.1, 0.15) is 5.75 Å². The zero-order valence-electron chi connectivity index (χ0n) is 11.3. The maximum Gasteiger partial charge on any atom is 0.119 e. The van der Waals surface area contributed by atoms with Crippen molar-refractivity contribution >= 4 is 34.2 Å². The van der Waals surface area contributed by atoms with Crippen LogP contribution in [0.2, 0.25) is 5.02 Å².